The van der Waals surface area contributed by atoms with Crippen LogP contribution in [-0.2, 0) is 4.79 Å². The van der Waals surface area contributed by atoms with Crippen LogP contribution < -0.4 is 0 Å². The highest BCUT2D eigenvalue weighted by molar-refractivity contribution is 5.86. The van der Waals surface area contributed by atoms with Gasteiger partial charge in [-0.05, 0) is 32.1 Å². The van der Waals surface area contributed by atoms with Gasteiger partial charge in [-0.3, -0.25) is 4.79 Å². The van der Waals surface area contributed by atoms with Crippen LogP contribution in [0.2, 0.25) is 0 Å². The number of hydrogen-bond acceptors (Lipinski definition) is 1. The molecule has 0 radical (unpaired) electrons. The zero-order valence-corrected chi connectivity index (χ0v) is 7.57. The van der Waals surface area contributed by atoms with E-state index in [1.54, 1.807) is 0 Å². The lowest BCUT2D eigenvalue weighted by Gasteiger charge is -2.31. The summed E-state index contributed by atoms with van der Waals surface area (Å²) >= 11 is 0. The van der Waals surface area contributed by atoms with Gasteiger partial charge in [-0.25, -0.2) is 0 Å². The van der Waals surface area contributed by atoms with E-state index < -0.39 is 0 Å². The average Bonchev–Trinajstić information content (AvgIpc) is 2.41. The van der Waals surface area contributed by atoms with Gasteiger partial charge in [0.05, 0.1) is 0 Å². The van der Waals surface area contributed by atoms with Crippen molar-refractivity contribution in [3.63, 3.8) is 0 Å². The van der Waals surface area contributed by atoms with Crippen molar-refractivity contribution >= 4 is 5.78 Å². The number of rotatable bonds is 0. The Bertz CT molecular complexity index is 229. The molecule has 0 aromatic heterocycles. The molecule has 0 aromatic carbocycles. The molecule has 1 atom stereocenters. The van der Waals surface area contributed by atoms with Gasteiger partial charge in [-0.15, -0.1) is 0 Å². The largest absolute Gasteiger partial charge is 0.299 e. The van der Waals surface area contributed by atoms with Crippen LogP contribution in [0.3, 0.4) is 0 Å². The van der Waals surface area contributed by atoms with Crippen molar-refractivity contribution in [3.8, 4) is 0 Å². The topological polar surface area (TPSA) is 17.1 Å². The SMILES string of the molecule is C=C1CCC2(CCCCC2=O)C1. The maximum atomic E-state index is 11.7. The minimum absolute atomic E-state index is 0.0648. The van der Waals surface area contributed by atoms with E-state index in [0.29, 0.717) is 5.78 Å². The Morgan fingerprint density at radius 1 is 1.17 bits per heavy atom. The Morgan fingerprint density at radius 3 is 2.58 bits per heavy atom. The summed E-state index contributed by atoms with van der Waals surface area (Å²) in [5, 5.41) is 0. The molecule has 0 N–H and O–H groups in total. The second-order valence-electron chi connectivity index (χ2n) is 4.34. The van der Waals surface area contributed by atoms with E-state index >= 15 is 0 Å². The van der Waals surface area contributed by atoms with E-state index in [-0.39, 0.29) is 5.41 Å². The highest BCUT2D eigenvalue weighted by Crippen LogP contribution is 2.48. The molecule has 0 aliphatic heterocycles. The molecule has 2 saturated carbocycles. The average molecular weight is 164 g/mol. The molecule has 2 fully saturated rings. The molecule has 66 valence electrons. The fourth-order valence-corrected chi connectivity index (χ4v) is 2.68. The zero-order valence-electron chi connectivity index (χ0n) is 7.57. The van der Waals surface area contributed by atoms with Crippen molar-refractivity contribution in [2.24, 2.45) is 5.41 Å². The summed E-state index contributed by atoms with van der Waals surface area (Å²) in [6.45, 7) is 3.99. The lowest BCUT2D eigenvalue weighted by molar-refractivity contribution is -0.130. The highest BCUT2D eigenvalue weighted by Gasteiger charge is 2.42. The normalized spacial score (nSPS) is 36.3. The Morgan fingerprint density at radius 2 is 2.00 bits per heavy atom. The molecule has 2 aliphatic carbocycles. The molecule has 0 aromatic rings. The molecule has 1 unspecified atom stereocenters. The van der Waals surface area contributed by atoms with Crippen LogP contribution in [0.25, 0.3) is 0 Å². The predicted octanol–water partition coefficient (Wildman–Crippen LogP) is 2.86. The first-order valence-corrected chi connectivity index (χ1v) is 4.93. The Hall–Kier alpha value is -0.590. The summed E-state index contributed by atoms with van der Waals surface area (Å²) in [5.74, 6) is 0.521. The van der Waals surface area contributed by atoms with Gasteiger partial charge in [-0.1, -0.05) is 18.6 Å². The summed E-state index contributed by atoms with van der Waals surface area (Å²) in [6.07, 6.45) is 7.49. The molecule has 0 heterocycles. The first-order valence-electron chi connectivity index (χ1n) is 4.93. The van der Waals surface area contributed by atoms with Crippen LogP contribution in [0, 0.1) is 5.41 Å². The smallest absolute Gasteiger partial charge is 0.139 e. The lowest BCUT2D eigenvalue weighted by Crippen LogP contribution is -2.31. The first kappa shape index (κ1) is 8.03. The Balaban J connectivity index is 2.18. The minimum atomic E-state index is 0.0648. The first-order chi connectivity index (χ1) is 5.73. The van der Waals surface area contributed by atoms with Crippen molar-refractivity contribution < 1.29 is 4.79 Å². The van der Waals surface area contributed by atoms with E-state index in [1.165, 1.54) is 12.0 Å². The van der Waals surface area contributed by atoms with Crippen LogP contribution in [0.4, 0.5) is 0 Å². The molecule has 1 heteroatoms. The van der Waals surface area contributed by atoms with E-state index in [9.17, 15) is 4.79 Å². The molecule has 0 saturated heterocycles. The van der Waals surface area contributed by atoms with E-state index in [1.807, 2.05) is 0 Å². The van der Waals surface area contributed by atoms with Gasteiger partial charge in [-0.2, -0.15) is 0 Å². The van der Waals surface area contributed by atoms with Crippen molar-refractivity contribution in [1.29, 1.82) is 0 Å². The molecule has 0 amide bonds. The fourth-order valence-electron chi connectivity index (χ4n) is 2.68. The number of Topliss-reactive ketones (excluding diaryl/α,β-unsaturated/α-hetero) is 1. The summed E-state index contributed by atoms with van der Waals surface area (Å²) in [7, 11) is 0. The van der Waals surface area contributed by atoms with Crippen molar-refractivity contribution in [1.82, 2.24) is 0 Å². The van der Waals surface area contributed by atoms with E-state index in [2.05, 4.69) is 6.58 Å². The van der Waals surface area contributed by atoms with Gasteiger partial charge >= 0.3 is 0 Å². The number of carbonyl (C=O) groups excluding carboxylic acids is 1. The third-order valence-corrected chi connectivity index (χ3v) is 3.45. The monoisotopic (exact) mass is 164 g/mol. The number of hydrogen-bond donors (Lipinski definition) is 0. The standard InChI is InChI=1S/C11H16O/c1-9-5-7-11(8-9)6-3-2-4-10(11)12/h1-8H2. The van der Waals surface area contributed by atoms with Crippen LogP contribution in [-0.4, -0.2) is 5.78 Å². The summed E-state index contributed by atoms with van der Waals surface area (Å²) in [6, 6.07) is 0. The van der Waals surface area contributed by atoms with Gasteiger partial charge in [0.1, 0.15) is 5.78 Å². The van der Waals surface area contributed by atoms with Gasteiger partial charge in [0.2, 0.25) is 0 Å². The molecule has 0 bridgehead atoms. The van der Waals surface area contributed by atoms with Crippen LogP contribution in [0.15, 0.2) is 12.2 Å². The third kappa shape index (κ3) is 1.12. The van der Waals surface area contributed by atoms with Gasteiger partial charge in [0.25, 0.3) is 0 Å². The molecular formula is C11H16O. The molecule has 1 spiro atoms. The number of allylic oxidation sites excluding steroid dienone is 1. The fraction of sp³-hybridized carbons (Fsp3) is 0.727. The maximum Gasteiger partial charge on any atom is 0.139 e. The molecule has 2 aliphatic rings. The van der Waals surface area contributed by atoms with Crippen LogP contribution >= 0.6 is 0 Å². The molecular weight excluding hydrogens is 148 g/mol. The van der Waals surface area contributed by atoms with Crippen LogP contribution in [0.5, 0.6) is 0 Å². The Labute approximate surface area is 73.8 Å². The predicted molar refractivity (Wildman–Crippen MR) is 48.9 cm³/mol. The number of carbonyl (C=O) groups is 1. The summed E-state index contributed by atoms with van der Waals surface area (Å²) < 4.78 is 0. The van der Waals surface area contributed by atoms with Crippen molar-refractivity contribution in [2.75, 3.05) is 0 Å². The quantitative estimate of drug-likeness (QED) is 0.503. The second-order valence-corrected chi connectivity index (χ2v) is 4.34. The van der Waals surface area contributed by atoms with Gasteiger partial charge in [0, 0.05) is 11.8 Å². The van der Waals surface area contributed by atoms with Gasteiger partial charge < -0.3 is 0 Å². The molecule has 2 rings (SSSR count). The third-order valence-electron chi connectivity index (χ3n) is 3.45. The summed E-state index contributed by atoms with van der Waals surface area (Å²) in [4.78, 5) is 11.7. The second kappa shape index (κ2) is 2.72. The lowest BCUT2D eigenvalue weighted by atomic mass is 9.72. The maximum absolute atomic E-state index is 11.7. The zero-order chi connectivity index (χ0) is 8.60. The highest BCUT2D eigenvalue weighted by atomic mass is 16.1. The minimum Gasteiger partial charge on any atom is -0.299 e. The van der Waals surface area contributed by atoms with Crippen molar-refractivity contribution in [2.45, 2.75) is 44.9 Å². The molecule has 1 nitrogen and oxygen atoms in total. The van der Waals surface area contributed by atoms with Crippen LogP contribution in [0.1, 0.15) is 44.9 Å². The van der Waals surface area contributed by atoms with Crippen molar-refractivity contribution in [3.05, 3.63) is 12.2 Å². The van der Waals surface area contributed by atoms with E-state index in [0.717, 1.165) is 38.5 Å². The van der Waals surface area contributed by atoms with Gasteiger partial charge in [0.15, 0.2) is 0 Å². The summed E-state index contributed by atoms with van der Waals surface area (Å²) in [5.41, 5.74) is 1.36. The molecule has 12 heavy (non-hydrogen) atoms. The van der Waals surface area contributed by atoms with E-state index in [4.69, 9.17) is 0 Å². The number of ketones is 1. The Kier molecular flexibility index (Phi) is 1.82.